The fourth-order valence-electron chi connectivity index (χ4n) is 2.66. The summed E-state index contributed by atoms with van der Waals surface area (Å²) in [5, 5.41) is 10.6. The first-order valence-electron chi connectivity index (χ1n) is 7.40. The third-order valence-corrected chi connectivity index (χ3v) is 4.37. The molecule has 0 atom stereocenters. The smallest absolute Gasteiger partial charge is 0.289 e. The second kappa shape index (κ2) is 7.02. The summed E-state index contributed by atoms with van der Waals surface area (Å²) in [7, 11) is 1.58. The largest absolute Gasteiger partial charge is 0.496 e. The molecule has 1 aromatic heterocycles. The Hall–Kier alpha value is -2.74. The van der Waals surface area contributed by atoms with Gasteiger partial charge in [0.15, 0.2) is 0 Å². The number of methoxy groups -OCH3 is 1. The van der Waals surface area contributed by atoms with Gasteiger partial charge in [0.05, 0.1) is 12.1 Å². The minimum absolute atomic E-state index is 0.256. The van der Waals surface area contributed by atoms with Crippen molar-refractivity contribution in [2.45, 2.75) is 0 Å². The Morgan fingerprint density at radius 1 is 1.04 bits per heavy atom. The summed E-state index contributed by atoms with van der Waals surface area (Å²) >= 11 is 12.3. The number of hydrogen-bond acceptors (Lipinski definition) is 3. The second-order valence-corrected chi connectivity index (χ2v) is 6.17. The lowest BCUT2D eigenvalue weighted by Crippen LogP contribution is -2.16. The highest BCUT2D eigenvalue weighted by Crippen LogP contribution is 2.36. The zero-order chi connectivity index (χ0) is 18.0. The summed E-state index contributed by atoms with van der Waals surface area (Å²) in [4.78, 5) is 3.04. The van der Waals surface area contributed by atoms with Crippen LogP contribution in [0.5, 0.6) is 5.75 Å². The molecule has 4 nitrogen and oxygen atoms in total. The zero-order valence-corrected chi connectivity index (χ0v) is 14.8. The third-order valence-electron chi connectivity index (χ3n) is 3.83. The molecule has 3 aromatic rings. The molecule has 0 aliphatic heterocycles. The van der Waals surface area contributed by atoms with Crippen molar-refractivity contribution >= 4 is 29.0 Å². The predicted octanol–water partition coefficient (Wildman–Crippen LogP) is 4.60. The number of nitriles is 1. The summed E-state index contributed by atoms with van der Waals surface area (Å²) in [6.07, 6.45) is 0. The molecule has 3 rings (SSSR count). The number of para-hydroxylation sites is 1. The number of nitrogen functional groups attached to an aromatic ring is 1. The molecule has 0 aliphatic carbocycles. The molecular weight excluding hydrogens is 357 g/mol. The van der Waals surface area contributed by atoms with Crippen LogP contribution in [0.2, 0.25) is 10.0 Å². The Balaban J connectivity index is 2.29. The number of nitrogens with zero attached hydrogens (tertiary/aromatic N) is 1. The molecule has 0 radical (unpaired) electrons. The minimum Gasteiger partial charge on any atom is -0.496 e. The summed E-state index contributed by atoms with van der Waals surface area (Å²) in [5.41, 5.74) is 9.29. The second-order valence-electron chi connectivity index (χ2n) is 5.32. The summed E-state index contributed by atoms with van der Waals surface area (Å²) in [5.74, 6) is 0.907. The highest BCUT2D eigenvalue weighted by molar-refractivity contribution is 6.36. The van der Waals surface area contributed by atoms with Crippen molar-refractivity contribution < 1.29 is 9.72 Å². The van der Waals surface area contributed by atoms with Crippen LogP contribution in [-0.4, -0.2) is 7.11 Å². The Kier molecular flexibility index (Phi) is 4.80. The van der Waals surface area contributed by atoms with Gasteiger partial charge in [0.2, 0.25) is 0 Å². The molecule has 0 bridgehead atoms. The van der Waals surface area contributed by atoms with E-state index in [-0.39, 0.29) is 5.82 Å². The van der Waals surface area contributed by atoms with Crippen LogP contribution in [0, 0.1) is 11.3 Å². The Morgan fingerprint density at radius 3 is 2.48 bits per heavy atom. The van der Waals surface area contributed by atoms with E-state index in [1.807, 2.05) is 30.3 Å². The van der Waals surface area contributed by atoms with Gasteiger partial charge in [-0.2, -0.15) is 5.26 Å². The lowest BCUT2D eigenvalue weighted by Gasteiger charge is -2.11. The van der Waals surface area contributed by atoms with E-state index in [9.17, 15) is 5.26 Å². The molecule has 0 saturated carbocycles. The Morgan fingerprint density at radius 2 is 1.80 bits per heavy atom. The van der Waals surface area contributed by atoms with Crippen LogP contribution in [-0.2, 0) is 0 Å². The summed E-state index contributed by atoms with van der Waals surface area (Å²) in [6, 6.07) is 16.6. The molecule has 0 fully saturated rings. The number of aromatic nitrogens is 1. The first kappa shape index (κ1) is 17.1. The van der Waals surface area contributed by atoms with Crippen molar-refractivity contribution in [2.24, 2.45) is 0 Å². The molecule has 0 saturated heterocycles. The first-order valence-corrected chi connectivity index (χ1v) is 8.15. The van der Waals surface area contributed by atoms with Crippen LogP contribution in [0.1, 0.15) is 5.56 Å². The maximum Gasteiger partial charge on any atom is 0.289 e. The van der Waals surface area contributed by atoms with Crippen molar-refractivity contribution in [3.8, 4) is 34.2 Å². The van der Waals surface area contributed by atoms with Gasteiger partial charge in [-0.1, -0.05) is 41.4 Å². The molecular formula is C19H14Cl2N3O+. The van der Waals surface area contributed by atoms with Gasteiger partial charge in [-0.15, -0.1) is 0 Å². The number of pyridine rings is 1. The van der Waals surface area contributed by atoms with E-state index in [2.05, 4.69) is 11.1 Å². The Labute approximate surface area is 155 Å². The van der Waals surface area contributed by atoms with Gasteiger partial charge in [-0.3, -0.25) is 5.73 Å². The summed E-state index contributed by atoms with van der Waals surface area (Å²) in [6.45, 7) is 0. The van der Waals surface area contributed by atoms with Crippen LogP contribution in [0.4, 0.5) is 5.82 Å². The van der Waals surface area contributed by atoms with Gasteiger partial charge < -0.3 is 4.74 Å². The van der Waals surface area contributed by atoms with Crippen LogP contribution in [0.15, 0.2) is 48.5 Å². The number of benzene rings is 2. The van der Waals surface area contributed by atoms with Gasteiger partial charge >= 0.3 is 0 Å². The van der Waals surface area contributed by atoms with E-state index in [1.54, 1.807) is 25.3 Å². The van der Waals surface area contributed by atoms with E-state index in [4.69, 9.17) is 33.7 Å². The monoisotopic (exact) mass is 370 g/mol. The van der Waals surface area contributed by atoms with Crippen LogP contribution < -0.4 is 15.5 Å². The molecule has 1 heterocycles. The number of aromatic amines is 1. The molecule has 124 valence electrons. The van der Waals surface area contributed by atoms with Gasteiger partial charge in [0.1, 0.15) is 23.1 Å². The standard InChI is InChI=1S/C19H13Cl2N3O/c1-25-18-5-3-2-4-12(18)14-9-17(24-19(23)15(14)10-22)13-7-6-11(20)8-16(13)21/h2-9H,1H3,(H2,23,24)/p+1. The van der Waals surface area contributed by atoms with Crippen molar-refractivity contribution in [3.63, 3.8) is 0 Å². The molecule has 2 aromatic carbocycles. The predicted molar refractivity (Wildman–Crippen MR) is 99.6 cm³/mol. The molecule has 0 unspecified atom stereocenters. The van der Waals surface area contributed by atoms with Crippen LogP contribution in [0.25, 0.3) is 22.4 Å². The van der Waals surface area contributed by atoms with Gasteiger partial charge in [-0.25, -0.2) is 4.98 Å². The van der Waals surface area contributed by atoms with E-state index in [1.165, 1.54) is 0 Å². The number of rotatable bonds is 3. The maximum absolute atomic E-state index is 9.54. The molecule has 0 spiro atoms. The van der Waals surface area contributed by atoms with E-state index in [0.717, 1.165) is 11.1 Å². The molecule has 3 N–H and O–H groups in total. The number of hydrogen-bond donors (Lipinski definition) is 1. The fourth-order valence-corrected chi connectivity index (χ4v) is 3.17. The topological polar surface area (TPSA) is 73.2 Å². The lowest BCUT2D eigenvalue weighted by atomic mass is 9.97. The summed E-state index contributed by atoms with van der Waals surface area (Å²) < 4.78 is 5.42. The average Bonchev–Trinajstić information content (AvgIpc) is 2.61. The van der Waals surface area contributed by atoms with Gasteiger partial charge in [0.25, 0.3) is 5.82 Å². The number of anilines is 1. The number of H-pyrrole nitrogens is 1. The molecule has 0 aliphatic rings. The number of halogens is 2. The first-order chi connectivity index (χ1) is 12.0. The van der Waals surface area contributed by atoms with Crippen LogP contribution in [0.3, 0.4) is 0 Å². The lowest BCUT2D eigenvalue weighted by molar-refractivity contribution is -0.346. The normalized spacial score (nSPS) is 10.3. The van der Waals surface area contributed by atoms with Gasteiger partial charge in [-0.05, 0) is 30.3 Å². The molecule has 0 amide bonds. The molecule has 25 heavy (non-hydrogen) atoms. The van der Waals surface area contributed by atoms with E-state index in [0.29, 0.717) is 32.6 Å². The van der Waals surface area contributed by atoms with E-state index < -0.39 is 0 Å². The van der Waals surface area contributed by atoms with Crippen LogP contribution >= 0.6 is 23.2 Å². The third kappa shape index (κ3) is 3.25. The van der Waals surface area contributed by atoms with Crippen molar-refractivity contribution in [2.75, 3.05) is 12.8 Å². The number of nitrogens with one attached hydrogen (secondary N) is 1. The highest BCUT2D eigenvalue weighted by atomic mass is 35.5. The SMILES string of the molecule is COc1ccccc1-c1cc(-c2ccc(Cl)cc2Cl)[nH+]c(N)c1C#N. The zero-order valence-electron chi connectivity index (χ0n) is 13.3. The van der Waals surface area contributed by atoms with Crippen molar-refractivity contribution in [3.05, 3.63) is 64.1 Å². The van der Waals surface area contributed by atoms with Gasteiger partial charge in [0, 0.05) is 21.7 Å². The maximum atomic E-state index is 9.54. The number of ether oxygens (including phenoxy) is 1. The minimum atomic E-state index is 0.256. The quantitative estimate of drug-likeness (QED) is 0.731. The van der Waals surface area contributed by atoms with Crippen molar-refractivity contribution in [1.82, 2.24) is 0 Å². The van der Waals surface area contributed by atoms with E-state index >= 15 is 0 Å². The highest BCUT2D eigenvalue weighted by Gasteiger charge is 2.20. The van der Waals surface area contributed by atoms with Crippen molar-refractivity contribution in [1.29, 1.82) is 5.26 Å². The Bertz CT molecular complexity index is 996. The molecule has 6 heteroatoms. The number of nitrogens with two attached hydrogens (primary N) is 1. The fraction of sp³-hybridized carbons (Fsp3) is 0.0526. The average molecular weight is 371 g/mol.